The zero-order valence-electron chi connectivity index (χ0n) is 10.4. The molecule has 3 rings (SSSR count). The molecule has 1 aromatic carbocycles. The van der Waals surface area contributed by atoms with Gasteiger partial charge in [-0.2, -0.15) is 4.98 Å². The minimum absolute atomic E-state index is 0.0313. The molecule has 1 unspecified atom stereocenters. The molecule has 2 aromatic rings. The topological polar surface area (TPSA) is 96.7 Å². The Morgan fingerprint density at radius 2 is 2.26 bits per heavy atom. The van der Waals surface area contributed by atoms with Gasteiger partial charge in [-0.15, -0.1) is 5.10 Å². The summed E-state index contributed by atoms with van der Waals surface area (Å²) < 4.78 is 0. The molecule has 0 bridgehead atoms. The third-order valence-corrected chi connectivity index (χ3v) is 3.39. The first-order valence-electron chi connectivity index (χ1n) is 6.30. The van der Waals surface area contributed by atoms with E-state index in [0.717, 1.165) is 19.3 Å². The highest BCUT2D eigenvalue weighted by atomic mass is 16.2. The van der Waals surface area contributed by atoms with Crippen LogP contribution in [0.15, 0.2) is 24.3 Å². The zero-order chi connectivity index (χ0) is 13.2. The van der Waals surface area contributed by atoms with Crippen LogP contribution in [0.4, 0.5) is 5.95 Å². The van der Waals surface area contributed by atoms with Gasteiger partial charge in [-0.05, 0) is 30.4 Å². The average molecular weight is 257 g/mol. The van der Waals surface area contributed by atoms with Crippen molar-refractivity contribution in [3.63, 3.8) is 0 Å². The lowest BCUT2D eigenvalue weighted by Gasteiger charge is -2.25. The van der Waals surface area contributed by atoms with Gasteiger partial charge in [0.25, 0.3) is 5.91 Å². The molecular weight excluding hydrogens is 242 g/mol. The molecule has 0 aliphatic heterocycles. The van der Waals surface area contributed by atoms with Crippen LogP contribution in [0.2, 0.25) is 0 Å². The van der Waals surface area contributed by atoms with E-state index >= 15 is 0 Å². The summed E-state index contributed by atoms with van der Waals surface area (Å²) in [4.78, 5) is 15.9. The maximum absolute atomic E-state index is 12.0. The standard InChI is InChI=1S/C13H15N5O/c14-13-16-11(17-18-13)12(19)15-10-7-3-5-8-4-1-2-6-9(8)10/h1-2,4,6,10H,3,5,7H2,(H,15,19)(H3,14,16,17,18). The predicted octanol–water partition coefficient (Wildman–Crippen LogP) is 1.19. The van der Waals surface area contributed by atoms with Crippen molar-refractivity contribution in [1.29, 1.82) is 0 Å². The summed E-state index contributed by atoms with van der Waals surface area (Å²) in [5.41, 5.74) is 7.88. The van der Waals surface area contributed by atoms with E-state index in [2.05, 4.69) is 32.6 Å². The van der Waals surface area contributed by atoms with E-state index in [4.69, 9.17) is 5.73 Å². The lowest BCUT2D eigenvalue weighted by atomic mass is 9.88. The molecule has 1 heterocycles. The van der Waals surface area contributed by atoms with E-state index in [-0.39, 0.29) is 23.7 Å². The Bertz CT molecular complexity index is 607. The summed E-state index contributed by atoms with van der Waals surface area (Å²) in [5.74, 6) is -0.0411. The first-order valence-corrected chi connectivity index (χ1v) is 6.30. The Balaban J connectivity index is 1.79. The molecule has 1 atom stereocenters. The number of aromatic amines is 1. The summed E-state index contributed by atoms with van der Waals surface area (Å²) in [6.07, 6.45) is 3.07. The van der Waals surface area contributed by atoms with E-state index in [1.807, 2.05) is 12.1 Å². The van der Waals surface area contributed by atoms with Crippen molar-refractivity contribution < 1.29 is 4.79 Å². The van der Waals surface area contributed by atoms with Crippen LogP contribution < -0.4 is 11.1 Å². The smallest absolute Gasteiger partial charge is 0.289 e. The number of benzene rings is 1. The lowest BCUT2D eigenvalue weighted by Crippen LogP contribution is -2.31. The maximum Gasteiger partial charge on any atom is 0.289 e. The zero-order valence-corrected chi connectivity index (χ0v) is 10.4. The summed E-state index contributed by atoms with van der Waals surface area (Å²) >= 11 is 0. The number of carbonyl (C=O) groups is 1. The molecule has 0 spiro atoms. The molecule has 6 heteroatoms. The van der Waals surface area contributed by atoms with Crippen LogP contribution >= 0.6 is 0 Å². The van der Waals surface area contributed by atoms with E-state index in [1.165, 1.54) is 11.1 Å². The van der Waals surface area contributed by atoms with Gasteiger partial charge in [-0.25, -0.2) is 0 Å². The van der Waals surface area contributed by atoms with Gasteiger partial charge in [0, 0.05) is 0 Å². The van der Waals surface area contributed by atoms with Crippen molar-refractivity contribution in [2.24, 2.45) is 0 Å². The molecule has 6 nitrogen and oxygen atoms in total. The molecule has 1 aliphatic carbocycles. The molecule has 0 fully saturated rings. The van der Waals surface area contributed by atoms with Crippen LogP contribution in [0.1, 0.15) is 40.6 Å². The summed E-state index contributed by atoms with van der Waals surface area (Å²) in [5, 5.41) is 9.15. The average Bonchev–Trinajstić information content (AvgIpc) is 2.86. The van der Waals surface area contributed by atoms with Crippen molar-refractivity contribution >= 4 is 11.9 Å². The molecule has 1 amide bonds. The number of amides is 1. The lowest BCUT2D eigenvalue weighted by molar-refractivity contribution is 0.0922. The second-order valence-electron chi connectivity index (χ2n) is 4.66. The highest BCUT2D eigenvalue weighted by molar-refractivity contribution is 5.90. The fourth-order valence-electron chi connectivity index (χ4n) is 2.51. The first kappa shape index (κ1) is 11.7. The molecule has 19 heavy (non-hydrogen) atoms. The predicted molar refractivity (Wildman–Crippen MR) is 70.4 cm³/mol. The number of rotatable bonds is 2. The quantitative estimate of drug-likeness (QED) is 0.753. The first-order chi connectivity index (χ1) is 9.24. The number of hydrogen-bond donors (Lipinski definition) is 3. The summed E-state index contributed by atoms with van der Waals surface area (Å²) in [6, 6.07) is 8.23. The van der Waals surface area contributed by atoms with Crippen LogP contribution in [0, 0.1) is 0 Å². The van der Waals surface area contributed by atoms with Crippen molar-refractivity contribution in [2.75, 3.05) is 5.73 Å². The Morgan fingerprint density at radius 1 is 1.42 bits per heavy atom. The molecule has 0 saturated heterocycles. The highest BCUT2D eigenvalue weighted by Gasteiger charge is 2.22. The van der Waals surface area contributed by atoms with Gasteiger partial charge in [-0.3, -0.25) is 9.89 Å². The molecule has 98 valence electrons. The van der Waals surface area contributed by atoms with E-state index in [9.17, 15) is 4.79 Å². The van der Waals surface area contributed by atoms with Gasteiger partial charge in [-0.1, -0.05) is 24.3 Å². The Kier molecular flexibility index (Phi) is 2.91. The monoisotopic (exact) mass is 257 g/mol. The molecule has 4 N–H and O–H groups in total. The van der Waals surface area contributed by atoms with Crippen molar-refractivity contribution in [1.82, 2.24) is 20.5 Å². The molecular formula is C13H15N5O. The number of nitrogen functional groups attached to an aromatic ring is 1. The molecule has 0 saturated carbocycles. The van der Waals surface area contributed by atoms with Gasteiger partial charge >= 0.3 is 0 Å². The third-order valence-electron chi connectivity index (χ3n) is 3.39. The van der Waals surface area contributed by atoms with Crippen LogP contribution in [-0.4, -0.2) is 21.1 Å². The highest BCUT2D eigenvalue weighted by Crippen LogP contribution is 2.29. The number of H-pyrrole nitrogens is 1. The van der Waals surface area contributed by atoms with Crippen molar-refractivity contribution in [3.8, 4) is 0 Å². The number of hydrogen-bond acceptors (Lipinski definition) is 4. The van der Waals surface area contributed by atoms with Crippen molar-refractivity contribution in [2.45, 2.75) is 25.3 Å². The number of aromatic nitrogens is 3. The largest absolute Gasteiger partial charge is 0.366 e. The van der Waals surface area contributed by atoms with Gasteiger partial charge in [0.2, 0.25) is 11.8 Å². The summed E-state index contributed by atoms with van der Waals surface area (Å²) in [6.45, 7) is 0. The Hall–Kier alpha value is -2.37. The Morgan fingerprint density at radius 3 is 3.05 bits per heavy atom. The second kappa shape index (κ2) is 4.72. The van der Waals surface area contributed by atoms with Crippen LogP contribution in [0.3, 0.4) is 0 Å². The minimum Gasteiger partial charge on any atom is -0.366 e. The second-order valence-corrected chi connectivity index (χ2v) is 4.66. The number of aryl methyl sites for hydroxylation is 1. The summed E-state index contributed by atoms with van der Waals surface area (Å²) in [7, 11) is 0. The van der Waals surface area contributed by atoms with Gasteiger partial charge < -0.3 is 11.1 Å². The fraction of sp³-hybridized carbons (Fsp3) is 0.308. The van der Waals surface area contributed by atoms with Crippen LogP contribution in [-0.2, 0) is 6.42 Å². The van der Waals surface area contributed by atoms with Gasteiger partial charge in [0.05, 0.1) is 6.04 Å². The number of carbonyl (C=O) groups excluding carboxylic acids is 1. The number of nitrogens with one attached hydrogen (secondary N) is 2. The van der Waals surface area contributed by atoms with E-state index < -0.39 is 0 Å². The molecule has 1 aliphatic rings. The van der Waals surface area contributed by atoms with Gasteiger partial charge in [0.1, 0.15) is 0 Å². The van der Waals surface area contributed by atoms with E-state index in [1.54, 1.807) is 0 Å². The normalized spacial score (nSPS) is 17.8. The number of anilines is 1. The third kappa shape index (κ3) is 2.29. The number of fused-ring (bicyclic) bond motifs is 1. The maximum atomic E-state index is 12.0. The number of nitrogens with two attached hydrogens (primary N) is 1. The fourth-order valence-corrected chi connectivity index (χ4v) is 2.51. The molecule has 0 radical (unpaired) electrons. The van der Waals surface area contributed by atoms with Gasteiger partial charge in [0.15, 0.2) is 0 Å². The van der Waals surface area contributed by atoms with Crippen LogP contribution in [0.5, 0.6) is 0 Å². The minimum atomic E-state index is -0.272. The molecule has 1 aromatic heterocycles. The van der Waals surface area contributed by atoms with Crippen LogP contribution in [0.25, 0.3) is 0 Å². The van der Waals surface area contributed by atoms with Crippen molar-refractivity contribution in [3.05, 3.63) is 41.2 Å². The Labute approximate surface area is 110 Å². The number of nitrogens with zero attached hydrogens (tertiary/aromatic N) is 2. The van der Waals surface area contributed by atoms with E-state index in [0.29, 0.717) is 0 Å². The SMILES string of the molecule is Nc1n[nH]c(C(=O)NC2CCCc3ccccc32)n1.